The maximum Gasteiger partial charge on any atom is 0.433 e. The second-order valence-corrected chi connectivity index (χ2v) is 5.48. The molecule has 25 heavy (non-hydrogen) atoms. The van der Waals surface area contributed by atoms with Crippen molar-refractivity contribution in [2.24, 2.45) is 0 Å². The van der Waals surface area contributed by atoms with Gasteiger partial charge in [0.2, 0.25) is 0 Å². The number of aromatic nitrogens is 2. The summed E-state index contributed by atoms with van der Waals surface area (Å²) in [5.41, 5.74) is -5.45. The van der Waals surface area contributed by atoms with E-state index in [0.717, 1.165) is 12.1 Å². The molecular formula is C13H9BrF5N3O3. The number of hydrogen-bond donors (Lipinski definition) is 1. The van der Waals surface area contributed by atoms with Gasteiger partial charge in [0.1, 0.15) is 24.8 Å². The van der Waals surface area contributed by atoms with Gasteiger partial charge in [-0.15, -0.1) is 0 Å². The summed E-state index contributed by atoms with van der Waals surface area (Å²) in [4.78, 5) is 24.0. The highest BCUT2D eigenvalue weighted by Gasteiger charge is 2.36. The van der Waals surface area contributed by atoms with Gasteiger partial charge >= 0.3 is 11.9 Å². The Hall–Kier alpha value is -2.37. The summed E-state index contributed by atoms with van der Waals surface area (Å²) in [5.74, 6) is 3.85. The molecule has 0 aliphatic carbocycles. The maximum absolute atomic E-state index is 14.1. The molecule has 0 aliphatic heterocycles. The average molecular weight is 430 g/mol. The largest absolute Gasteiger partial charge is 0.490 e. The van der Waals surface area contributed by atoms with Crippen molar-refractivity contribution < 1.29 is 26.7 Å². The van der Waals surface area contributed by atoms with E-state index >= 15 is 0 Å². The minimum absolute atomic E-state index is 0.0511. The Balaban J connectivity index is 2.73. The van der Waals surface area contributed by atoms with Crippen molar-refractivity contribution in [3.05, 3.63) is 55.0 Å². The summed E-state index contributed by atoms with van der Waals surface area (Å²) in [5, 5.41) is 0. The standard InChI is InChI=1S/C13H9BrF5N3O3/c14-6-3-7(16)8(4-9(6)25-2-1-15)21-11(23)5-10(13(17,18)19)22(20)12(21)24/h3-5H,1-2,20H2. The molecule has 1 heterocycles. The van der Waals surface area contributed by atoms with Crippen LogP contribution in [0.1, 0.15) is 5.69 Å². The van der Waals surface area contributed by atoms with Gasteiger partial charge in [-0.25, -0.2) is 22.8 Å². The summed E-state index contributed by atoms with van der Waals surface area (Å²) in [6.07, 6.45) is -5.06. The van der Waals surface area contributed by atoms with Crippen molar-refractivity contribution in [2.75, 3.05) is 19.1 Å². The smallest absolute Gasteiger partial charge is 0.433 e. The van der Waals surface area contributed by atoms with Crippen molar-refractivity contribution in [1.29, 1.82) is 0 Å². The molecule has 12 heteroatoms. The Morgan fingerprint density at radius 1 is 1.20 bits per heavy atom. The first-order valence-corrected chi connectivity index (χ1v) is 7.26. The van der Waals surface area contributed by atoms with E-state index in [0.29, 0.717) is 0 Å². The molecule has 1 aromatic heterocycles. The molecule has 2 aromatic rings. The van der Waals surface area contributed by atoms with E-state index in [1.165, 1.54) is 0 Å². The van der Waals surface area contributed by atoms with E-state index < -0.39 is 47.9 Å². The highest BCUT2D eigenvalue weighted by molar-refractivity contribution is 9.10. The SMILES string of the molecule is Nn1c(C(F)(F)F)cc(=O)n(-c2cc(OCCF)c(Br)cc2F)c1=O. The Labute approximate surface area is 144 Å². The van der Waals surface area contributed by atoms with Gasteiger partial charge in [-0.2, -0.15) is 13.2 Å². The summed E-state index contributed by atoms with van der Waals surface area (Å²) in [6.45, 7) is -1.26. The Morgan fingerprint density at radius 3 is 2.40 bits per heavy atom. The number of hydrogen-bond acceptors (Lipinski definition) is 4. The zero-order valence-electron chi connectivity index (χ0n) is 12.1. The Morgan fingerprint density at radius 2 is 1.84 bits per heavy atom. The lowest BCUT2D eigenvalue weighted by atomic mass is 10.2. The molecule has 0 amide bonds. The topological polar surface area (TPSA) is 79.2 Å². The number of halogens is 6. The van der Waals surface area contributed by atoms with Gasteiger partial charge in [-0.3, -0.25) is 4.79 Å². The van der Waals surface area contributed by atoms with Crippen LogP contribution in [0.2, 0.25) is 0 Å². The molecule has 0 aliphatic rings. The van der Waals surface area contributed by atoms with E-state index in [4.69, 9.17) is 10.6 Å². The van der Waals surface area contributed by atoms with Crippen molar-refractivity contribution in [1.82, 2.24) is 9.24 Å². The van der Waals surface area contributed by atoms with Crippen LogP contribution in [-0.2, 0) is 6.18 Å². The number of nitrogens with zero attached hydrogens (tertiary/aromatic N) is 2. The minimum atomic E-state index is -5.06. The molecule has 0 saturated heterocycles. The van der Waals surface area contributed by atoms with E-state index in [-0.39, 0.29) is 25.5 Å². The lowest BCUT2D eigenvalue weighted by Crippen LogP contribution is -2.45. The molecule has 6 nitrogen and oxygen atoms in total. The Kier molecular flexibility index (Phi) is 5.20. The maximum atomic E-state index is 14.1. The molecule has 2 N–H and O–H groups in total. The van der Waals surface area contributed by atoms with E-state index in [9.17, 15) is 31.5 Å². The summed E-state index contributed by atoms with van der Waals surface area (Å²) >= 11 is 2.94. The van der Waals surface area contributed by atoms with E-state index in [1.807, 2.05) is 0 Å². The summed E-state index contributed by atoms with van der Waals surface area (Å²) < 4.78 is 69.4. The first kappa shape index (κ1) is 19.0. The predicted octanol–water partition coefficient (Wildman–Crippen LogP) is 1.98. The molecule has 1 aromatic carbocycles. The molecule has 136 valence electrons. The van der Waals surface area contributed by atoms with Crippen LogP contribution >= 0.6 is 15.9 Å². The molecule has 0 spiro atoms. The number of nitrogen functional groups attached to an aromatic ring is 1. The van der Waals surface area contributed by atoms with Gasteiger partial charge in [0.15, 0.2) is 5.69 Å². The van der Waals surface area contributed by atoms with Gasteiger partial charge in [0.25, 0.3) is 5.56 Å². The minimum Gasteiger partial charge on any atom is -0.490 e. The van der Waals surface area contributed by atoms with Crippen LogP contribution in [0, 0.1) is 5.82 Å². The molecule has 0 unspecified atom stereocenters. The summed E-state index contributed by atoms with van der Waals surface area (Å²) in [7, 11) is 0. The third-order valence-electron chi connectivity index (χ3n) is 3.00. The van der Waals surface area contributed by atoms with Crippen LogP contribution < -0.4 is 21.8 Å². The van der Waals surface area contributed by atoms with Crippen LogP contribution in [0.4, 0.5) is 22.0 Å². The number of ether oxygens (including phenoxy) is 1. The van der Waals surface area contributed by atoms with Gasteiger partial charge in [-0.1, -0.05) is 0 Å². The molecule has 2 rings (SSSR count). The number of rotatable bonds is 4. The van der Waals surface area contributed by atoms with Crippen LogP contribution in [-0.4, -0.2) is 22.5 Å². The van der Waals surface area contributed by atoms with Gasteiger partial charge in [0, 0.05) is 12.1 Å². The zero-order chi connectivity index (χ0) is 18.9. The van der Waals surface area contributed by atoms with Gasteiger partial charge in [0.05, 0.1) is 10.2 Å². The fourth-order valence-electron chi connectivity index (χ4n) is 1.95. The second kappa shape index (κ2) is 6.86. The average Bonchev–Trinajstić information content (AvgIpc) is 2.50. The van der Waals surface area contributed by atoms with Crippen molar-refractivity contribution >= 4 is 15.9 Å². The molecule has 0 bridgehead atoms. The second-order valence-electron chi connectivity index (χ2n) is 4.63. The molecule has 0 fully saturated rings. The first-order chi connectivity index (χ1) is 11.6. The molecular weight excluding hydrogens is 421 g/mol. The highest BCUT2D eigenvalue weighted by Crippen LogP contribution is 2.30. The predicted molar refractivity (Wildman–Crippen MR) is 80.6 cm³/mol. The van der Waals surface area contributed by atoms with Crippen LogP contribution in [0.15, 0.2) is 32.3 Å². The zero-order valence-corrected chi connectivity index (χ0v) is 13.7. The van der Waals surface area contributed by atoms with Crippen molar-refractivity contribution in [2.45, 2.75) is 6.18 Å². The van der Waals surface area contributed by atoms with Gasteiger partial charge < -0.3 is 10.6 Å². The Bertz CT molecular complexity index is 923. The van der Waals surface area contributed by atoms with Crippen molar-refractivity contribution in [3.8, 4) is 11.4 Å². The highest BCUT2D eigenvalue weighted by atomic mass is 79.9. The van der Waals surface area contributed by atoms with Crippen LogP contribution in [0.25, 0.3) is 5.69 Å². The molecule has 0 saturated carbocycles. The number of alkyl halides is 4. The van der Waals surface area contributed by atoms with Crippen molar-refractivity contribution in [3.63, 3.8) is 0 Å². The monoisotopic (exact) mass is 429 g/mol. The molecule has 0 atom stereocenters. The third-order valence-corrected chi connectivity index (χ3v) is 3.62. The fourth-order valence-corrected chi connectivity index (χ4v) is 2.38. The summed E-state index contributed by atoms with van der Waals surface area (Å²) in [6, 6.07) is 1.74. The quantitative estimate of drug-likeness (QED) is 0.595. The van der Waals surface area contributed by atoms with E-state index in [1.54, 1.807) is 0 Å². The lowest BCUT2D eigenvalue weighted by Gasteiger charge is -2.15. The first-order valence-electron chi connectivity index (χ1n) is 6.47. The number of nitrogens with two attached hydrogens (primary N) is 1. The normalized spacial score (nSPS) is 11.6. The van der Waals surface area contributed by atoms with Crippen LogP contribution in [0.5, 0.6) is 5.75 Å². The lowest BCUT2D eigenvalue weighted by molar-refractivity contribution is -0.143. The third kappa shape index (κ3) is 3.67. The van der Waals surface area contributed by atoms with Gasteiger partial charge in [-0.05, 0) is 22.0 Å². The van der Waals surface area contributed by atoms with Crippen LogP contribution in [0.3, 0.4) is 0 Å². The fraction of sp³-hybridized carbons (Fsp3) is 0.231. The number of benzene rings is 1. The molecule has 0 radical (unpaired) electrons. The van der Waals surface area contributed by atoms with E-state index in [2.05, 4.69) is 15.9 Å².